The fourth-order valence-corrected chi connectivity index (χ4v) is 4.71. The second-order valence-corrected chi connectivity index (χ2v) is 9.38. The fraction of sp³-hybridized carbons (Fsp3) is 0.370. The van der Waals surface area contributed by atoms with Gasteiger partial charge in [0.15, 0.2) is 0 Å². The van der Waals surface area contributed by atoms with E-state index in [4.69, 9.17) is 32.7 Å². The number of aromatic nitrogens is 2. The summed E-state index contributed by atoms with van der Waals surface area (Å²) in [5.74, 6) is 1.54. The first-order chi connectivity index (χ1) is 18.3. The number of ether oxygens (including phenoxy) is 2. The van der Waals surface area contributed by atoms with E-state index in [-0.39, 0.29) is 23.2 Å². The SMILES string of the molecule is C.CCN1CCN(c2ccc(Nc3cc(N(C)C(=O)Nc4c(Cl)c(OC)cc(OC)c4Cl)ncn3)cc2)CC1. The van der Waals surface area contributed by atoms with Gasteiger partial charge >= 0.3 is 6.03 Å². The number of hydrogen-bond acceptors (Lipinski definition) is 8. The van der Waals surface area contributed by atoms with Gasteiger partial charge in [0, 0.05) is 56.7 Å². The van der Waals surface area contributed by atoms with Crippen molar-refractivity contribution in [3.8, 4) is 11.5 Å². The van der Waals surface area contributed by atoms with Crippen molar-refractivity contribution in [2.75, 3.05) is 74.4 Å². The highest BCUT2D eigenvalue weighted by atomic mass is 35.5. The lowest BCUT2D eigenvalue weighted by atomic mass is 10.2. The van der Waals surface area contributed by atoms with Gasteiger partial charge in [-0.05, 0) is 30.8 Å². The number of nitrogens with zero attached hydrogens (tertiary/aromatic N) is 5. The van der Waals surface area contributed by atoms with E-state index in [0.717, 1.165) is 38.4 Å². The Morgan fingerprint density at radius 2 is 1.62 bits per heavy atom. The lowest BCUT2D eigenvalue weighted by molar-refractivity contribution is 0.258. The summed E-state index contributed by atoms with van der Waals surface area (Å²) in [5.41, 5.74) is 2.24. The summed E-state index contributed by atoms with van der Waals surface area (Å²) in [6.45, 7) is 7.47. The van der Waals surface area contributed by atoms with E-state index in [1.54, 1.807) is 19.2 Å². The van der Waals surface area contributed by atoms with E-state index in [1.165, 1.54) is 31.1 Å². The van der Waals surface area contributed by atoms with E-state index in [2.05, 4.69) is 49.5 Å². The molecule has 0 unspecified atom stereocenters. The predicted molar refractivity (Wildman–Crippen MR) is 160 cm³/mol. The van der Waals surface area contributed by atoms with Gasteiger partial charge in [-0.2, -0.15) is 0 Å². The molecule has 1 saturated heterocycles. The van der Waals surface area contributed by atoms with Crippen LogP contribution in [0.4, 0.5) is 33.5 Å². The lowest BCUT2D eigenvalue weighted by Gasteiger charge is -2.35. The van der Waals surface area contributed by atoms with Crippen molar-refractivity contribution in [2.45, 2.75) is 14.4 Å². The minimum absolute atomic E-state index is 0. The number of piperazine rings is 1. The highest BCUT2D eigenvalue weighted by Crippen LogP contribution is 2.44. The zero-order valence-corrected chi connectivity index (χ0v) is 23.3. The number of amides is 2. The van der Waals surface area contributed by atoms with Crippen LogP contribution in [-0.2, 0) is 0 Å². The summed E-state index contributed by atoms with van der Waals surface area (Å²) in [6, 6.07) is 10.9. The molecule has 0 saturated carbocycles. The molecule has 210 valence electrons. The molecule has 0 radical (unpaired) electrons. The van der Waals surface area contributed by atoms with Crippen LogP contribution in [0.25, 0.3) is 0 Å². The number of benzene rings is 2. The van der Waals surface area contributed by atoms with Crippen molar-refractivity contribution in [3.63, 3.8) is 0 Å². The molecule has 1 aliphatic heterocycles. The normalized spacial score (nSPS) is 13.3. The molecule has 0 bridgehead atoms. The van der Waals surface area contributed by atoms with Crippen LogP contribution in [0.1, 0.15) is 14.4 Å². The van der Waals surface area contributed by atoms with Crippen molar-refractivity contribution in [3.05, 3.63) is 52.8 Å². The van der Waals surface area contributed by atoms with Crippen molar-refractivity contribution in [1.82, 2.24) is 14.9 Å². The Morgan fingerprint density at radius 1 is 1.00 bits per heavy atom. The number of halogens is 2. The topological polar surface area (TPSA) is 95.1 Å². The molecule has 1 aliphatic rings. The first-order valence-electron chi connectivity index (χ1n) is 12.2. The van der Waals surface area contributed by atoms with E-state index in [0.29, 0.717) is 23.1 Å². The maximum atomic E-state index is 13.0. The van der Waals surface area contributed by atoms with Crippen LogP contribution in [0.15, 0.2) is 42.7 Å². The van der Waals surface area contributed by atoms with Gasteiger partial charge in [0.2, 0.25) is 0 Å². The standard InChI is InChI=1S/C26H31Cl2N7O3.CH4/c1-5-34-10-12-35(13-11-34)18-8-6-17(7-9-18)31-21-15-22(30-16-29-21)33(2)26(36)32-25-23(27)19(37-3)14-20(38-4)24(25)28;/h6-9,14-16H,5,10-13H2,1-4H3,(H,32,36)(H,29,30,31);1H4. The van der Waals surface area contributed by atoms with Crippen LogP contribution in [0.2, 0.25) is 10.0 Å². The maximum Gasteiger partial charge on any atom is 0.327 e. The Kier molecular flexibility index (Phi) is 10.4. The summed E-state index contributed by atoms with van der Waals surface area (Å²) in [6.07, 6.45) is 1.39. The van der Waals surface area contributed by atoms with Gasteiger partial charge in [-0.25, -0.2) is 14.8 Å². The first-order valence-corrected chi connectivity index (χ1v) is 12.9. The average molecular weight is 577 g/mol. The molecule has 0 aliphatic carbocycles. The molecule has 0 atom stereocenters. The molecule has 2 aromatic carbocycles. The largest absolute Gasteiger partial charge is 0.495 e. The van der Waals surface area contributed by atoms with Crippen molar-refractivity contribution in [1.29, 1.82) is 0 Å². The third-order valence-electron chi connectivity index (χ3n) is 6.43. The number of nitrogens with one attached hydrogen (secondary N) is 2. The van der Waals surface area contributed by atoms with Crippen LogP contribution in [0.5, 0.6) is 11.5 Å². The van der Waals surface area contributed by atoms with E-state index in [9.17, 15) is 4.79 Å². The number of anilines is 5. The van der Waals surface area contributed by atoms with Gasteiger partial charge in [0.1, 0.15) is 39.5 Å². The number of carbonyl (C=O) groups is 1. The maximum absolute atomic E-state index is 13.0. The Balaban J connectivity index is 0.00000420. The van der Waals surface area contributed by atoms with E-state index in [1.807, 2.05) is 12.1 Å². The fourth-order valence-electron chi connectivity index (χ4n) is 4.11. The van der Waals surface area contributed by atoms with E-state index >= 15 is 0 Å². The molecule has 3 aromatic rings. The number of urea groups is 1. The van der Waals surface area contributed by atoms with Crippen LogP contribution in [0, 0.1) is 0 Å². The highest BCUT2D eigenvalue weighted by molar-refractivity contribution is 6.41. The predicted octanol–water partition coefficient (Wildman–Crippen LogP) is 5.99. The second-order valence-electron chi connectivity index (χ2n) is 8.63. The number of hydrogen-bond donors (Lipinski definition) is 2. The third kappa shape index (κ3) is 6.95. The van der Waals surface area contributed by atoms with Crippen molar-refractivity contribution < 1.29 is 14.3 Å². The molecule has 2 amide bonds. The minimum atomic E-state index is -0.513. The van der Waals surface area contributed by atoms with Crippen molar-refractivity contribution >= 4 is 57.9 Å². The Bertz CT molecular complexity index is 1240. The summed E-state index contributed by atoms with van der Waals surface area (Å²) in [4.78, 5) is 27.7. The van der Waals surface area contributed by atoms with E-state index < -0.39 is 6.03 Å². The Hall–Kier alpha value is -3.47. The second kappa shape index (κ2) is 13.5. The summed E-state index contributed by atoms with van der Waals surface area (Å²) in [7, 11) is 4.50. The molecular weight excluding hydrogens is 541 g/mol. The number of likely N-dealkylation sites (N-methyl/N-ethyl adjacent to an activating group) is 1. The molecule has 4 rings (SSSR count). The van der Waals surface area contributed by atoms with Gasteiger partial charge in [0.05, 0.1) is 19.9 Å². The zero-order chi connectivity index (χ0) is 27.2. The summed E-state index contributed by atoms with van der Waals surface area (Å²) < 4.78 is 10.5. The van der Waals surface area contributed by atoms with Crippen LogP contribution in [-0.4, -0.2) is 74.9 Å². The summed E-state index contributed by atoms with van der Waals surface area (Å²) in [5, 5.41) is 6.29. The summed E-state index contributed by atoms with van der Waals surface area (Å²) >= 11 is 12.8. The molecule has 12 heteroatoms. The van der Waals surface area contributed by atoms with Crippen LogP contribution < -0.4 is 29.9 Å². The first kappa shape index (κ1) is 30.1. The van der Waals surface area contributed by atoms with Gasteiger partial charge in [-0.15, -0.1) is 0 Å². The molecule has 2 heterocycles. The molecule has 10 nitrogen and oxygen atoms in total. The van der Waals surface area contributed by atoms with Gasteiger partial charge < -0.3 is 29.9 Å². The Labute approximate surface area is 239 Å². The highest BCUT2D eigenvalue weighted by Gasteiger charge is 2.22. The van der Waals surface area contributed by atoms with Crippen molar-refractivity contribution in [2.24, 2.45) is 0 Å². The smallest absolute Gasteiger partial charge is 0.327 e. The lowest BCUT2D eigenvalue weighted by Crippen LogP contribution is -2.46. The number of methoxy groups -OCH3 is 2. The molecule has 0 spiro atoms. The van der Waals surface area contributed by atoms with Gasteiger partial charge in [-0.3, -0.25) is 4.90 Å². The molecule has 2 N–H and O–H groups in total. The Morgan fingerprint density at radius 3 is 2.18 bits per heavy atom. The molecule has 1 aromatic heterocycles. The van der Waals surface area contributed by atoms with Crippen LogP contribution in [0.3, 0.4) is 0 Å². The third-order valence-corrected chi connectivity index (χ3v) is 7.18. The zero-order valence-electron chi connectivity index (χ0n) is 21.8. The number of carbonyl (C=O) groups excluding carboxylic acids is 1. The van der Waals surface area contributed by atoms with Crippen LogP contribution >= 0.6 is 23.2 Å². The molecular formula is C27H35Cl2N7O3. The van der Waals surface area contributed by atoms with Gasteiger partial charge in [0.25, 0.3) is 0 Å². The quantitative estimate of drug-likeness (QED) is 0.338. The molecule has 1 fully saturated rings. The minimum Gasteiger partial charge on any atom is -0.495 e. The number of rotatable bonds is 8. The average Bonchev–Trinajstić information content (AvgIpc) is 2.95. The van der Waals surface area contributed by atoms with Gasteiger partial charge in [-0.1, -0.05) is 37.6 Å². The monoisotopic (exact) mass is 575 g/mol. The molecule has 39 heavy (non-hydrogen) atoms.